The van der Waals surface area contributed by atoms with Crippen molar-refractivity contribution in [2.75, 3.05) is 0 Å². The summed E-state index contributed by atoms with van der Waals surface area (Å²) in [6, 6.07) is 3.18. The van der Waals surface area contributed by atoms with Crippen molar-refractivity contribution in [3.8, 4) is 0 Å². The molecule has 0 saturated heterocycles. The van der Waals surface area contributed by atoms with Gasteiger partial charge in [-0.2, -0.15) is 0 Å². The highest BCUT2D eigenvalue weighted by Crippen LogP contribution is 2.24. The number of hydrogen-bond donors (Lipinski definition) is 2. The van der Waals surface area contributed by atoms with Gasteiger partial charge in [-0.3, -0.25) is 4.57 Å². The molecule has 0 spiro atoms. The van der Waals surface area contributed by atoms with Crippen molar-refractivity contribution in [1.29, 1.82) is 0 Å². The predicted molar refractivity (Wildman–Crippen MR) is 67.6 cm³/mol. The smallest absolute Gasteiger partial charge is 0.337 e. The lowest BCUT2D eigenvalue weighted by Gasteiger charge is -2.07. The van der Waals surface area contributed by atoms with Crippen molar-refractivity contribution >= 4 is 32.9 Å². The lowest BCUT2D eigenvalue weighted by molar-refractivity contribution is 0.0699. The van der Waals surface area contributed by atoms with Gasteiger partial charge in [-0.15, -0.1) is 0 Å². The molecule has 0 aliphatic carbocycles. The van der Waals surface area contributed by atoms with Crippen LogP contribution in [0.3, 0.4) is 0 Å². The van der Waals surface area contributed by atoms with Crippen LogP contribution in [-0.4, -0.2) is 20.6 Å². The quantitative estimate of drug-likeness (QED) is 0.894. The van der Waals surface area contributed by atoms with E-state index in [1.807, 2.05) is 13.8 Å². The van der Waals surface area contributed by atoms with Gasteiger partial charge in [-0.1, -0.05) is 15.9 Å². The van der Waals surface area contributed by atoms with Crippen LogP contribution in [0, 0.1) is 0 Å². The molecule has 0 unspecified atom stereocenters. The van der Waals surface area contributed by atoms with Gasteiger partial charge in [0.25, 0.3) is 0 Å². The number of carboxylic acid groups (broad SMARTS) is 1. The van der Waals surface area contributed by atoms with Crippen molar-refractivity contribution in [3.63, 3.8) is 0 Å². The van der Waals surface area contributed by atoms with E-state index in [1.54, 1.807) is 6.07 Å². The van der Waals surface area contributed by atoms with Gasteiger partial charge >= 0.3 is 11.7 Å². The number of nitrogens with one attached hydrogen (secondary N) is 1. The monoisotopic (exact) mass is 298 g/mol. The van der Waals surface area contributed by atoms with E-state index in [0.717, 1.165) is 0 Å². The second-order valence-electron chi connectivity index (χ2n) is 4.05. The fraction of sp³-hybridized carbons (Fsp3) is 0.273. The van der Waals surface area contributed by atoms with E-state index in [2.05, 4.69) is 20.9 Å². The second-order valence-corrected chi connectivity index (χ2v) is 4.96. The van der Waals surface area contributed by atoms with Gasteiger partial charge < -0.3 is 10.1 Å². The summed E-state index contributed by atoms with van der Waals surface area (Å²) in [6.45, 7) is 3.74. The van der Waals surface area contributed by atoms with Crippen molar-refractivity contribution < 1.29 is 9.90 Å². The molecule has 1 heterocycles. The molecule has 0 aliphatic rings. The Labute approximate surface area is 105 Å². The second kappa shape index (κ2) is 4.03. The number of rotatable bonds is 2. The maximum Gasteiger partial charge on any atom is 0.337 e. The number of aromatic carboxylic acids is 1. The number of halogens is 1. The van der Waals surface area contributed by atoms with Crippen LogP contribution in [0.5, 0.6) is 0 Å². The van der Waals surface area contributed by atoms with Gasteiger partial charge in [0.15, 0.2) is 0 Å². The van der Waals surface area contributed by atoms with Crippen LogP contribution in [0.1, 0.15) is 30.2 Å². The normalized spacial score (nSPS) is 11.3. The molecule has 1 aromatic heterocycles. The van der Waals surface area contributed by atoms with Gasteiger partial charge in [-0.05, 0) is 26.0 Å². The van der Waals surface area contributed by atoms with Crippen LogP contribution in [0.2, 0.25) is 0 Å². The molecule has 0 saturated carbocycles. The van der Waals surface area contributed by atoms with E-state index in [0.29, 0.717) is 15.5 Å². The predicted octanol–water partition coefficient (Wildman–Crippen LogP) is 2.37. The number of aromatic nitrogens is 2. The van der Waals surface area contributed by atoms with Crippen LogP contribution in [0.4, 0.5) is 0 Å². The maximum absolute atomic E-state index is 11.8. The first-order valence-electron chi connectivity index (χ1n) is 5.09. The molecule has 6 heteroatoms. The number of carbonyl (C=O) groups is 1. The fourth-order valence-corrected chi connectivity index (χ4v) is 2.32. The summed E-state index contributed by atoms with van der Waals surface area (Å²) in [5, 5.41) is 9.09. The summed E-state index contributed by atoms with van der Waals surface area (Å²) >= 11 is 3.25. The van der Waals surface area contributed by atoms with Gasteiger partial charge in [0.05, 0.1) is 16.6 Å². The molecule has 2 rings (SSSR count). The Kier molecular flexibility index (Phi) is 2.82. The van der Waals surface area contributed by atoms with Crippen molar-refractivity contribution in [2.45, 2.75) is 19.9 Å². The van der Waals surface area contributed by atoms with E-state index in [4.69, 9.17) is 5.11 Å². The Morgan fingerprint density at radius 3 is 2.65 bits per heavy atom. The Morgan fingerprint density at radius 2 is 2.12 bits per heavy atom. The molecule has 0 fully saturated rings. The Bertz CT molecular complexity index is 655. The number of carboxylic acids is 1. The molecular formula is C11H11BrN2O3. The average Bonchev–Trinajstić information content (AvgIpc) is 2.52. The molecule has 1 aromatic carbocycles. The summed E-state index contributed by atoms with van der Waals surface area (Å²) in [5.74, 6) is -1.06. The number of nitrogens with zero attached hydrogens (tertiary/aromatic N) is 1. The van der Waals surface area contributed by atoms with Crippen LogP contribution < -0.4 is 5.69 Å². The highest BCUT2D eigenvalue weighted by Gasteiger charge is 2.17. The highest BCUT2D eigenvalue weighted by atomic mass is 79.9. The minimum Gasteiger partial charge on any atom is -0.478 e. The lowest BCUT2D eigenvalue weighted by Crippen LogP contribution is -2.18. The van der Waals surface area contributed by atoms with Crippen molar-refractivity contribution in [3.05, 3.63) is 32.7 Å². The number of fused-ring (bicyclic) bond motifs is 1. The van der Waals surface area contributed by atoms with Crippen molar-refractivity contribution in [2.24, 2.45) is 0 Å². The number of hydrogen-bond acceptors (Lipinski definition) is 2. The zero-order valence-electron chi connectivity index (χ0n) is 9.32. The number of benzene rings is 1. The van der Waals surface area contributed by atoms with Crippen LogP contribution >= 0.6 is 15.9 Å². The van der Waals surface area contributed by atoms with Crippen molar-refractivity contribution in [1.82, 2.24) is 9.55 Å². The van der Waals surface area contributed by atoms with E-state index >= 15 is 0 Å². The molecule has 0 bridgehead atoms. The molecule has 2 aromatic rings. The molecule has 0 aliphatic heterocycles. The summed E-state index contributed by atoms with van der Waals surface area (Å²) in [6.07, 6.45) is 0. The molecule has 0 atom stereocenters. The SMILES string of the molecule is CC(C)n1c(=O)[nH]c2c(C(=O)O)cc(Br)cc21. The summed E-state index contributed by atoms with van der Waals surface area (Å²) in [5.41, 5.74) is 0.748. The molecule has 0 radical (unpaired) electrons. The minimum atomic E-state index is -1.06. The third kappa shape index (κ3) is 1.88. The lowest BCUT2D eigenvalue weighted by atomic mass is 10.2. The van der Waals surface area contributed by atoms with Crippen LogP contribution in [0.15, 0.2) is 21.4 Å². The van der Waals surface area contributed by atoms with Gasteiger partial charge in [0, 0.05) is 10.5 Å². The Hall–Kier alpha value is -1.56. The first kappa shape index (κ1) is 11.9. The van der Waals surface area contributed by atoms with Crippen LogP contribution in [0.25, 0.3) is 11.0 Å². The fourth-order valence-electron chi connectivity index (χ4n) is 1.87. The van der Waals surface area contributed by atoms with Gasteiger partial charge in [0.2, 0.25) is 0 Å². The average molecular weight is 299 g/mol. The summed E-state index contributed by atoms with van der Waals surface area (Å²) in [4.78, 5) is 25.5. The number of H-pyrrole nitrogens is 1. The van der Waals surface area contributed by atoms with E-state index in [9.17, 15) is 9.59 Å². The Balaban J connectivity index is 2.94. The standard InChI is InChI=1S/C11H11BrN2O3/c1-5(2)14-8-4-6(12)3-7(10(15)16)9(8)13-11(14)17/h3-5H,1-2H3,(H,13,17)(H,15,16). The zero-order chi connectivity index (χ0) is 12.7. The third-order valence-electron chi connectivity index (χ3n) is 2.54. The van der Waals surface area contributed by atoms with E-state index in [1.165, 1.54) is 10.6 Å². The van der Waals surface area contributed by atoms with Gasteiger partial charge in [-0.25, -0.2) is 9.59 Å². The third-order valence-corrected chi connectivity index (χ3v) is 3.00. The zero-order valence-corrected chi connectivity index (χ0v) is 10.9. The van der Waals surface area contributed by atoms with Crippen LogP contribution in [-0.2, 0) is 0 Å². The molecule has 0 amide bonds. The first-order chi connectivity index (χ1) is 7.91. The molecule has 2 N–H and O–H groups in total. The summed E-state index contributed by atoms with van der Waals surface area (Å²) in [7, 11) is 0. The molecule has 90 valence electrons. The summed E-state index contributed by atoms with van der Waals surface area (Å²) < 4.78 is 2.17. The molecular weight excluding hydrogens is 288 g/mol. The number of imidazole rings is 1. The van der Waals surface area contributed by atoms with Gasteiger partial charge in [0.1, 0.15) is 0 Å². The maximum atomic E-state index is 11.8. The largest absolute Gasteiger partial charge is 0.478 e. The first-order valence-corrected chi connectivity index (χ1v) is 5.88. The van der Waals surface area contributed by atoms with E-state index in [-0.39, 0.29) is 17.3 Å². The Morgan fingerprint density at radius 1 is 1.47 bits per heavy atom. The molecule has 17 heavy (non-hydrogen) atoms. The minimum absolute atomic E-state index is 0.0350. The topological polar surface area (TPSA) is 75.1 Å². The van der Waals surface area contributed by atoms with E-state index < -0.39 is 5.97 Å². The molecule has 5 nitrogen and oxygen atoms in total. The number of aromatic amines is 1. The highest BCUT2D eigenvalue weighted by molar-refractivity contribution is 9.10.